The van der Waals surface area contributed by atoms with E-state index in [4.69, 9.17) is 5.73 Å². The third-order valence-corrected chi connectivity index (χ3v) is 3.64. The first-order chi connectivity index (χ1) is 8.49. The van der Waals surface area contributed by atoms with Crippen LogP contribution in [0.5, 0.6) is 0 Å². The van der Waals surface area contributed by atoms with Gasteiger partial charge in [-0.05, 0) is 18.2 Å². The normalized spacial score (nSPS) is 11.2. The van der Waals surface area contributed by atoms with Crippen LogP contribution in [-0.4, -0.2) is 27.4 Å². The van der Waals surface area contributed by atoms with Crippen LogP contribution in [0.25, 0.3) is 0 Å². The standard InChI is InChI=1S/C11H17N3O3S/c1-2-11(15)14-9-4-3-5-10(8-9)18(16,17)13-7-6-12/h3-5,8,13H,2,6-7,12H2,1H3,(H,14,15). The number of hydrogen-bond donors (Lipinski definition) is 3. The molecule has 100 valence electrons. The molecule has 0 saturated carbocycles. The summed E-state index contributed by atoms with van der Waals surface area (Å²) in [4.78, 5) is 11.3. The summed E-state index contributed by atoms with van der Waals surface area (Å²) in [6, 6.07) is 6.07. The van der Waals surface area contributed by atoms with Gasteiger partial charge in [-0.25, -0.2) is 13.1 Å². The zero-order valence-corrected chi connectivity index (χ0v) is 11.0. The Morgan fingerprint density at radius 1 is 1.39 bits per heavy atom. The molecule has 6 nitrogen and oxygen atoms in total. The van der Waals surface area contributed by atoms with Crippen molar-refractivity contribution >= 4 is 21.6 Å². The number of benzene rings is 1. The molecule has 4 N–H and O–H groups in total. The highest BCUT2D eigenvalue weighted by Gasteiger charge is 2.13. The summed E-state index contributed by atoms with van der Waals surface area (Å²) >= 11 is 0. The number of nitrogens with two attached hydrogens (primary N) is 1. The molecule has 0 atom stereocenters. The summed E-state index contributed by atoms with van der Waals surface area (Å²) in [7, 11) is -3.57. The van der Waals surface area contributed by atoms with Gasteiger partial charge >= 0.3 is 0 Å². The van der Waals surface area contributed by atoms with Crippen LogP contribution >= 0.6 is 0 Å². The Morgan fingerprint density at radius 3 is 2.72 bits per heavy atom. The first kappa shape index (κ1) is 14.6. The van der Waals surface area contributed by atoms with Crippen molar-refractivity contribution in [3.8, 4) is 0 Å². The van der Waals surface area contributed by atoms with Gasteiger partial charge in [-0.3, -0.25) is 4.79 Å². The fourth-order valence-electron chi connectivity index (χ4n) is 1.27. The largest absolute Gasteiger partial charge is 0.329 e. The van der Waals surface area contributed by atoms with Crippen LogP contribution in [0, 0.1) is 0 Å². The number of sulfonamides is 1. The van der Waals surface area contributed by atoms with Gasteiger partial charge in [-0.15, -0.1) is 0 Å². The Morgan fingerprint density at radius 2 is 2.11 bits per heavy atom. The van der Waals surface area contributed by atoms with E-state index in [-0.39, 0.29) is 23.9 Å². The first-order valence-electron chi connectivity index (χ1n) is 5.59. The molecule has 0 aliphatic carbocycles. The van der Waals surface area contributed by atoms with Gasteiger partial charge in [0.05, 0.1) is 4.90 Å². The molecule has 0 bridgehead atoms. The number of amides is 1. The number of anilines is 1. The van der Waals surface area contributed by atoms with Crippen molar-refractivity contribution in [1.82, 2.24) is 4.72 Å². The Hall–Kier alpha value is -1.44. The zero-order chi connectivity index (χ0) is 13.6. The van der Waals surface area contributed by atoms with Gasteiger partial charge in [-0.2, -0.15) is 0 Å². The van der Waals surface area contributed by atoms with Crippen LogP contribution in [0.2, 0.25) is 0 Å². The molecule has 0 fully saturated rings. The zero-order valence-electron chi connectivity index (χ0n) is 10.1. The van der Waals surface area contributed by atoms with Crippen molar-refractivity contribution in [2.45, 2.75) is 18.2 Å². The van der Waals surface area contributed by atoms with E-state index in [0.717, 1.165) is 0 Å². The quantitative estimate of drug-likeness (QED) is 0.691. The molecule has 0 aliphatic heterocycles. The maximum absolute atomic E-state index is 11.8. The predicted molar refractivity (Wildman–Crippen MR) is 69.6 cm³/mol. The molecule has 1 rings (SSSR count). The summed E-state index contributed by atoms with van der Waals surface area (Å²) in [5, 5.41) is 2.60. The summed E-state index contributed by atoms with van der Waals surface area (Å²) in [6.45, 7) is 2.12. The number of hydrogen-bond acceptors (Lipinski definition) is 4. The Balaban J connectivity index is 2.91. The van der Waals surface area contributed by atoms with Crippen molar-refractivity contribution in [3.63, 3.8) is 0 Å². The van der Waals surface area contributed by atoms with E-state index in [1.54, 1.807) is 19.1 Å². The topological polar surface area (TPSA) is 101 Å². The van der Waals surface area contributed by atoms with E-state index in [0.29, 0.717) is 12.1 Å². The third kappa shape index (κ3) is 4.10. The van der Waals surface area contributed by atoms with Gasteiger partial charge in [0.1, 0.15) is 0 Å². The van der Waals surface area contributed by atoms with E-state index in [2.05, 4.69) is 10.0 Å². The monoisotopic (exact) mass is 271 g/mol. The van der Waals surface area contributed by atoms with E-state index in [1.165, 1.54) is 12.1 Å². The minimum atomic E-state index is -3.57. The summed E-state index contributed by atoms with van der Waals surface area (Å²) in [5.74, 6) is -0.167. The predicted octanol–water partition coefficient (Wildman–Crippen LogP) is 0.272. The van der Waals surface area contributed by atoms with Crippen molar-refractivity contribution in [1.29, 1.82) is 0 Å². The smallest absolute Gasteiger partial charge is 0.240 e. The highest BCUT2D eigenvalue weighted by molar-refractivity contribution is 7.89. The number of carbonyl (C=O) groups excluding carboxylic acids is 1. The fraction of sp³-hybridized carbons (Fsp3) is 0.364. The lowest BCUT2D eigenvalue weighted by atomic mass is 10.3. The van der Waals surface area contributed by atoms with Crippen LogP contribution in [0.3, 0.4) is 0 Å². The lowest BCUT2D eigenvalue weighted by molar-refractivity contribution is -0.115. The van der Waals surface area contributed by atoms with Gasteiger partial charge in [0.25, 0.3) is 0 Å². The number of rotatable bonds is 6. The second kappa shape index (κ2) is 6.48. The van der Waals surface area contributed by atoms with Crippen molar-refractivity contribution in [3.05, 3.63) is 24.3 Å². The van der Waals surface area contributed by atoms with Crippen molar-refractivity contribution in [2.24, 2.45) is 5.73 Å². The molecule has 18 heavy (non-hydrogen) atoms. The molecule has 1 aromatic carbocycles. The van der Waals surface area contributed by atoms with E-state index in [1.807, 2.05) is 0 Å². The fourth-order valence-corrected chi connectivity index (χ4v) is 2.36. The molecule has 0 unspecified atom stereocenters. The minimum absolute atomic E-state index is 0.102. The van der Waals surface area contributed by atoms with Crippen LogP contribution in [0.1, 0.15) is 13.3 Å². The van der Waals surface area contributed by atoms with Crippen LogP contribution < -0.4 is 15.8 Å². The molecular formula is C11H17N3O3S. The average molecular weight is 271 g/mol. The first-order valence-corrected chi connectivity index (χ1v) is 7.07. The highest BCUT2D eigenvalue weighted by atomic mass is 32.2. The molecule has 1 aromatic rings. The highest BCUT2D eigenvalue weighted by Crippen LogP contribution is 2.15. The van der Waals surface area contributed by atoms with E-state index >= 15 is 0 Å². The lowest BCUT2D eigenvalue weighted by Gasteiger charge is -2.08. The average Bonchev–Trinajstić information content (AvgIpc) is 2.36. The summed E-state index contributed by atoms with van der Waals surface area (Å²) in [5.41, 5.74) is 5.70. The van der Waals surface area contributed by atoms with Gasteiger partial charge in [-0.1, -0.05) is 13.0 Å². The van der Waals surface area contributed by atoms with Crippen molar-refractivity contribution < 1.29 is 13.2 Å². The van der Waals surface area contributed by atoms with Gasteiger partial charge in [0.2, 0.25) is 15.9 Å². The molecule has 7 heteroatoms. The molecule has 1 amide bonds. The number of nitrogens with one attached hydrogen (secondary N) is 2. The van der Waals surface area contributed by atoms with Crippen LogP contribution in [0.4, 0.5) is 5.69 Å². The number of carbonyl (C=O) groups is 1. The SMILES string of the molecule is CCC(=O)Nc1cccc(S(=O)(=O)NCCN)c1. The second-order valence-corrected chi connectivity index (χ2v) is 5.38. The maximum atomic E-state index is 11.8. The van der Waals surface area contributed by atoms with Crippen molar-refractivity contribution in [2.75, 3.05) is 18.4 Å². The summed E-state index contributed by atoms with van der Waals surface area (Å²) in [6.07, 6.45) is 0.336. The molecule has 0 heterocycles. The maximum Gasteiger partial charge on any atom is 0.240 e. The van der Waals surface area contributed by atoms with E-state index in [9.17, 15) is 13.2 Å². The molecule has 0 aromatic heterocycles. The Kier molecular flexibility index (Phi) is 5.26. The van der Waals surface area contributed by atoms with E-state index < -0.39 is 10.0 Å². The Bertz CT molecular complexity index is 514. The third-order valence-electron chi connectivity index (χ3n) is 2.19. The minimum Gasteiger partial charge on any atom is -0.329 e. The van der Waals surface area contributed by atoms with Gasteiger partial charge in [0.15, 0.2) is 0 Å². The molecule has 0 spiro atoms. The lowest BCUT2D eigenvalue weighted by Crippen LogP contribution is -2.29. The Labute approximate surface area is 107 Å². The molecule has 0 radical (unpaired) electrons. The summed E-state index contributed by atoms with van der Waals surface area (Å²) < 4.78 is 26.0. The van der Waals surface area contributed by atoms with Gasteiger partial charge in [0, 0.05) is 25.2 Å². The van der Waals surface area contributed by atoms with Crippen LogP contribution in [0.15, 0.2) is 29.2 Å². The molecule has 0 saturated heterocycles. The molecular weight excluding hydrogens is 254 g/mol. The second-order valence-electron chi connectivity index (χ2n) is 3.62. The molecule has 0 aliphatic rings. The van der Waals surface area contributed by atoms with Crippen LogP contribution in [-0.2, 0) is 14.8 Å². The van der Waals surface area contributed by atoms with Gasteiger partial charge < -0.3 is 11.1 Å².